The number of ether oxygens (including phenoxy) is 2. The van der Waals surface area contributed by atoms with Gasteiger partial charge in [-0.2, -0.15) is 0 Å². The van der Waals surface area contributed by atoms with Crippen molar-refractivity contribution < 1.29 is 19.2 Å². The highest BCUT2D eigenvalue weighted by Crippen LogP contribution is 2.35. The number of hydrogen-bond acceptors (Lipinski definition) is 9. The normalized spacial score (nSPS) is 14.4. The maximum atomic E-state index is 11.8. The van der Waals surface area contributed by atoms with E-state index in [0.29, 0.717) is 37.4 Å². The van der Waals surface area contributed by atoms with E-state index in [1.165, 1.54) is 13.4 Å². The van der Waals surface area contributed by atoms with E-state index >= 15 is 0 Å². The lowest BCUT2D eigenvalue weighted by atomic mass is 9.97. The van der Waals surface area contributed by atoms with Crippen LogP contribution in [0.4, 0.5) is 23.0 Å². The van der Waals surface area contributed by atoms with Crippen molar-refractivity contribution in [1.29, 1.82) is 0 Å². The third-order valence-electron chi connectivity index (χ3n) is 4.65. The van der Waals surface area contributed by atoms with Gasteiger partial charge in [0.05, 0.1) is 25.1 Å². The Balaban J connectivity index is 1.86. The lowest BCUT2D eigenvalue weighted by Gasteiger charge is -2.31. The van der Waals surface area contributed by atoms with Gasteiger partial charge in [-0.3, -0.25) is 14.9 Å². The molecule has 1 fully saturated rings. The molecule has 10 nitrogen and oxygen atoms in total. The molecule has 1 aromatic carbocycles. The Morgan fingerprint density at radius 1 is 1.29 bits per heavy atom. The second-order valence-electron chi connectivity index (χ2n) is 6.29. The van der Waals surface area contributed by atoms with Crippen molar-refractivity contribution >= 4 is 29.0 Å². The van der Waals surface area contributed by atoms with E-state index in [1.807, 2.05) is 0 Å². The van der Waals surface area contributed by atoms with Crippen molar-refractivity contribution in [2.45, 2.75) is 12.8 Å². The van der Waals surface area contributed by atoms with Gasteiger partial charge in [0.2, 0.25) is 11.6 Å². The number of nitro groups is 1. The third-order valence-corrected chi connectivity index (χ3v) is 4.65. The van der Waals surface area contributed by atoms with Crippen LogP contribution in [0, 0.1) is 16.0 Å². The Labute approximate surface area is 161 Å². The first kappa shape index (κ1) is 19.3. The topological polar surface area (TPSA) is 120 Å². The van der Waals surface area contributed by atoms with Gasteiger partial charge in [-0.05, 0) is 25.0 Å². The summed E-state index contributed by atoms with van der Waals surface area (Å²) in [6, 6.07) is 7.02. The van der Waals surface area contributed by atoms with Crippen molar-refractivity contribution in [2.75, 3.05) is 37.5 Å². The molecule has 0 spiro atoms. The summed E-state index contributed by atoms with van der Waals surface area (Å²) < 4.78 is 9.96. The van der Waals surface area contributed by atoms with Gasteiger partial charge in [-0.1, -0.05) is 6.07 Å². The fourth-order valence-electron chi connectivity index (χ4n) is 3.19. The van der Waals surface area contributed by atoms with Crippen LogP contribution in [0.15, 0.2) is 30.6 Å². The number of rotatable bonds is 6. The van der Waals surface area contributed by atoms with Crippen LogP contribution >= 0.6 is 0 Å². The van der Waals surface area contributed by atoms with Gasteiger partial charge in [-0.25, -0.2) is 9.97 Å². The van der Waals surface area contributed by atoms with E-state index < -0.39 is 4.92 Å². The molecule has 148 valence electrons. The van der Waals surface area contributed by atoms with Gasteiger partial charge in [0.15, 0.2) is 0 Å². The number of aromatic nitrogens is 2. The molecule has 0 aliphatic carbocycles. The van der Waals surface area contributed by atoms with E-state index in [1.54, 1.807) is 36.3 Å². The van der Waals surface area contributed by atoms with Crippen molar-refractivity contribution in [1.82, 2.24) is 9.97 Å². The third kappa shape index (κ3) is 4.11. The number of piperidine rings is 1. The monoisotopic (exact) mass is 387 g/mol. The Morgan fingerprint density at radius 3 is 2.68 bits per heavy atom. The lowest BCUT2D eigenvalue weighted by Crippen LogP contribution is -2.37. The summed E-state index contributed by atoms with van der Waals surface area (Å²) in [7, 11) is 2.91. The molecule has 0 atom stereocenters. The number of nitrogens with zero attached hydrogens (tertiary/aromatic N) is 4. The average Bonchev–Trinajstić information content (AvgIpc) is 2.73. The number of benzene rings is 1. The second-order valence-corrected chi connectivity index (χ2v) is 6.29. The van der Waals surface area contributed by atoms with Gasteiger partial charge < -0.3 is 19.7 Å². The SMILES string of the molecule is COC(=O)C1CCN(c2ncnc(Nc3cccc(OC)c3)c2[N+](=O)[O-])CC1. The van der Waals surface area contributed by atoms with E-state index in [2.05, 4.69) is 15.3 Å². The zero-order valence-corrected chi connectivity index (χ0v) is 15.6. The van der Waals surface area contributed by atoms with E-state index in [9.17, 15) is 14.9 Å². The fraction of sp³-hybridized carbons (Fsp3) is 0.389. The molecule has 1 aliphatic rings. The molecule has 0 unspecified atom stereocenters. The zero-order chi connectivity index (χ0) is 20.1. The van der Waals surface area contributed by atoms with Crippen LogP contribution in [-0.4, -0.2) is 48.2 Å². The molecule has 0 radical (unpaired) electrons. The van der Waals surface area contributed by atoms with Crippen LogP contribution in [0.3, 0.4) is 0 Å². The molecule has 2 heterocycles. The first-order valence-electron chi connectivity index (χ1n) is 8.76. The zero-order valence-electron chi connectivity index (χ0n) is 15.6. The maximum absolute atomic E-state index is 11.8. The predicted molar refractivity (Wildman–Crippen MR) is 102 cm³/mol. The summed E-state index contributed by atoms with van der Waals surface area (Å²) in [5, 5.41) is 14.7. The van der Waals surface area contributed by atoms with Gasteiger partial charge in [-0.15, -0.1) is 0 Å². The number of hydrogen-bond donors (Lipinski definition) is 1. The van der Waals surface area contributed by atoms with Crippen LogP contribution in [0.25, 0.3) is 0 Å². The number of anilines is 3. The Kier molecular flexibility index (Phi) is 5.87. The van der Waals surface area contributed by atoms with E-state index in [4.69, 9.17) is 9.47 Å². The molecule has 1 aliphatic heterocycles. The van der Waals surface area contributed by atoms with Crippen molar-refractivity contribution in [3.05, 3.63) is 40.7 Å². The van der Waals surface area contributed by atoms with Crippen LogP contribution in [0.1, 0.15) is 12.8 Å². The summed E-state index contributed by atoms with van der Waals surface area (Å²) in [5.41, 5.74) is 0.401. The highest BCUT2D eigenvalue weighted by Gasteiger charge is 2.32. The number of carbonyl (C=O) groups is 1. The highest BCUT2D eigenvalue weighted by molar-refractivity contribution is 5.76. The Morgan fingerprint density at radius 2 is 2.04 bits per heavy atom. The molecule has 0 saturated carbocycles. The smallest absolute Gasteiger partial charge is 0.353 e. The molecule has 0 bridgehead atoms. The van der Waals surface area contributed by atoms with Gasteiger partial charge in [0, 0.05) is 24.8 Å². The number of carbonyl (C=O) groups excluding carboxylic acids is 1. The molecule has 0 amide bonds. The van der Waals surface area contributed by atoms with Crippen molar-refractivity contribution in [2.24, 2.45) is 5.92 Å². The molecule has 3 rings (SSSR count). The first-order valence-corrected chi connectivity index (χ1v) is 8.76. The Bertz CT molecular complexity index is 867. The minimum Gasteiger partial charge on any atom is -0.497 e. The molecule has 10 heteroatoms. The van der Waals surface area contributed by atoms with Crippen LogP contribution < -0.4 is 15.0 Å². The minimum atomic E-state index is -0.496. The molecule has 1 N–H and O–H groups in total. The average molecular weight is 387 g/mol. The van der Waals surface area contributed by atoms with Crippen molar-refractivity contribution in [3.63, 3.8) is 0 Å². The molecule has 2 aromatic rings. The van der Waals surface area contributed by atoms with Gasteiger partial charge in [0.1, 0.15) is 12.1 Å². The van der Waals surface area contributed by atoms with E-state index in [0.717, 1.165) is 0 Å². The minimum absolute atomic E-state index is 0.0957. The number of nitrogens with one attached hydrogen (secondary N) is 1. The number of methoxy groups -OCH3 is 2. The molecule has 1 saturated heterocycles. The van der Waals surface area contributed by atoms with Gasteiger partial charge in [0.25, 0.3) is 0 Å². The molecular formula is C18H21N5O5. The first-order chi connectivity index (χ1) is 13.5. The summed E-state index contributed by atoms with van der Waals surface area (Å²) in [4.78, 5) is 33.0. The van der Waals surface area contributed by atoms with Crippen LogP contribution in [0.2, 0.25) is 0 Å². The summed E-state index contributed by atoms with van der Waals surface area (Å²) in [6.45, 7) is 0.937. The van der Waals surface area contributed by atoms with Crippen molar-refractivity contribution in [3.8, 4) is 5.75 Å². The summed E-state index contributed by atoms with van der Waals surface area (Å²) in [5.74, 6) is 0.493. The standard InChI is InChI=1S/C18H21N5O5/c1-27-14-5-3-4-13(10-14)21-16-15(23(25)26)17(20-11-19-16)22-8-6-12(7-9-22)18(24)28-2/h3-5,10-12H,6-9H2,1-2H3,(H,19,20,21). The maximum Gasteiger partial charge on any atom is 0.353 e. The number of esters is 1. The molecule has 28 heavy (non-hydrogen) atoms. The second kappa shape index (κ2) is 8.51. The Hall–Kier alpha value is -3.43. The summed E-state index contributed by atoms with van der Waals surface area (Å²) >= 11 is 0. The van der Waals surface area contributed by atoms with Crippen LogP contribution in [0.5, 0.6) is 5.75 Å². The summed E-state index contributed by atoms with van der Waals surface area (Å²) in [6.07, 6.45) is 2.39. The molecule has 1 aromatic heterocycles. The van der Waals surface area contributed by atoms with Crippen LogP contribution in [-0.2, 0) is 9.53 Å². The van der Waals surface area contributed by atoms with E-state index in [-0.39, 0.29) is 29.2 Å². The van der Waals surface area contributed by atoms with Gasteiger partial charge >= 0.3 is 11.7 Å². The lowest BCUT2D eigenvalue weighted by molar-refractivity contribution is -0.383. The molecular weight excluding hydrogens is 366 g/mol. The quantitative estimate of drug-likeness (QED) is 0.453. The fourth-order valence-corrected chi connectivity index (χ4v) is 3.19. The largest absolute Gasteiger partial charge is 0.497 e. The highest BCUT2D eigenvalue weighted by atomic mass is 16.6. The predicted octanol–water partition coefficient (Wildman–Crippen LogP) is 2.53.